The predicted molar refractivity (Wildman–Crippen MR) is 69.0 cm³/mol. The summed E-state index contributed by atoms with van der Waals surface area (Å²) in [6.45, 7) is 5.37. The number of carbonyl (C=O) groups excluding carboxylic acids is 1. The molecule has 94 valence electrons. The number of hydrogen-bond acceptors (Lipinski definition) is 3. The van der Waals surface area contributed by atoms with Crippen molar-refractivity contribution >= 4 is 16.8 Å². The van der Waals surface area contributed by atoms with Crippen LogP contribution in [0.3, 0.4) is 0 Å². The van der Waals surface area contributed by atoms with Gasteiger partial charge in [-0.2, -0.15) is 0 Å². The highest BCUT2D eigenvalue weighted by molar-refractivity contribution is 7.86. The van der Waals surface area contributed by atoms with Crippen molar-refractivity contribution in [1.82, 2.24) is 0 Å². The molecule has 1 atom stereocenters. The van der Waals surface area contributed by atoms with Crippen LogP contribution >= 0.6 is 0 Å². The Morgan fingerprint density at radius 2 is 1.88 bits per heavy atom. The van der Waals surface area contributed by atoms with Crippen LogP contribution in [0.2, 0.25) is 0 Å². The van der Waals surface area contributed by atoms with Crippen LogP contribution in [0, 0.1) is 0 Å². The second kappa shape index (κ2) is 5.96. The third-order valence-electron chi connectivity index (χ3n) is 2.48. The van der Waals surface area contributed by atoms with E-state index in [2.05, 4.69) is 0 Å². The molecule has 17 heavy (non-hydrogen) atoms. The maximum Gasteiger partial charge on any atom is 0.324 e. The summed E-state index contributed by atoms with van der Waals surface area (Å²) >= 11 is 0. The van der Waals surface area contributed by atoms with Gasteiger partial charge < -0.3 is 4.74 Å². The van der Waals surface area contributed by atoms with Gasteiger partial charge in [0.1, 0.15) is 4.75 Å². The molecule has 1 aromatic rings. The second-order valence-corrected chi connectivity index (χ2v) is 6.21. The van der Waals surface area contributed by atoms with E-state index in [0.29, 0.717) is 12.4 Å². The number of ether oxygens (including phenoxy) is 1. The quantitative estimate of drug-likeness (QED) is 0.757. The maximum absolute atomic E-state index is 12.2. The minimum Gasteiger partial charge on any atom is -0.465 e. The zero-order valence-electron chi connectivity index (χ0n) is 10.4. The van der Waals surface area contributed by atoms with E-state index < -0.39 is 21.5 Å². The summed E-state index contributed by atoms with van der Waals surface area (Å²) in [5, 5.41) is 0. The van der Waals surface area contributed by atoms with Gasteiger partial charge in [-0.05, 0) is 26.3 Å². The first-order valence-corrected chi connectivity index (χ1v) is 6.90. The van der Waals surface area contributed by atoms with Crippen LogP contribution in [0.15, 0.2) is 30.3 Å². The van der Waals surface area contributed by atoms with Gasteiger partial charge in [0.25, 0.3) is 0 Å². The highest BCUT2D eigenvalue weighted by atomic mass is 32.2. The van der Waals surface area contributed by atoms with Crippen molar-refractivity contribution in [3.63, 3.8) is 0 Å². The molecular formula is C13H18O3S. The predicted octanol–water partition coefficient (Wildman–Crippen LogP) is 2.28. The minimum atomic E-state index is -1.29. The normalized spacial score (nSPS) is 13.1. The molecule has 1 unspecified atom stereocenters. The van der Waals surface area contributed by atoms with E-state index in [1.165, 1.54) is 0 Å². The molecule has 0 heterocycles. The number of benzene rings is 1. The van der Waals surface area contributed by atoms with Crippen molar-refractivity contribution < 1.29 is 13.7 Å². The molecule has 0 aromatic heterocycles. The molecule has 0 fully saturated rings. The van der Waals surface area contributed by atoms with Crippen LogP contribution in [-0.2, 0) is 26.1 Å². The van der Waals surface area contributed by atoms with Crippen LogP contribution in [-0.4, -0.2) is 21.5 Å². The number of hydrogen-bond donors (Lipinski definition) is 0. The fourth-order valence-electron chi connectivity index (χ4n) is 1.30. The van der Waals surface area contributed by atoms with Crippen LogP contribution in [0.5, 0.6) is 0 Å². The van der Waals surface area contributed by atoms with E-state index in [4.69, 9.17) is 4.74 Å². The first-order valence-electron chi connectivity index (χ1n) is 5.58. The summed E-state index contributed by atoms with van der Waals surface area (Å²) in [5.74, 6) is -0.0404. The Labute approximate surface area is 105 Å². The standard InChI is InChI=1S/C13H18O3S/c1-4-16-12(14)13(2,3)17(15)10-11-8-6-5-7-9-11/h5-9H,4,10H2,1-3H3. The zero-order chi connectivity index (χ0) is 12.9. The lowest BCUT2D eigenvalue weighted by atomic mass is 10.2. The molecule has 0 aliphatic heterocycles. The van der Waals surface area contributed by atoms with Crippen molar-refractivity contribution in [3.8, 4) is 0 Å². The Morgan fingerprint density at radius 3 is 2.41 bits per heavy atom. The van der Waals surface area contributed by atoms with Gasteiger partial charge in [-0.15, -0.1) is 0 Å². The lowest BCUT2D eigenvalue weighted by Gasteiger charge is -2.21. The van der Waals surface area contributed by atoms with Crippen molar-refractivity contribution in [2.24, 2.45) is 0 Å². The third-order valence-corrected chi connectivity index (χ3v) is 4.38. The SMILES string of the molecule is CCOC(=O)C(C)(C)S(=O)Cc1ccccc1. The largest absolute Gasteiger partial charge is 0.465 e. The Morgan fingerprint density at radius 1 is 1.29 bits per heavy atom. The molecule has 0 amide bonds. The first kappa shape index (κ1) is 13.9. The Hall–Kier alpha value is -1.16. The summed E-state index contributed by atoms with van der Waals surface area (Å²) < 4.78 is 16.1. The van der Waals surface area contributed by atoms with E-state index in [0.717, 1.165) is 5.56 Å². The highest BCUT2D eigenvalue weighted by Crippen LogP contribution is 2.19. The fourth-order valence-corrected chi connectivity index (χ4v) is 2.40. The van der Waals surface area contributed by atoms with Crippen molar-refractivity contribution in [3.05, 3.63) is 35.9 Å². The van der Waals surface area contributed by atoms with Gasteiger partial charge in [-0.3, -0.25) is 9.00 Å². The van der Waals surface area contributed by atoms with Gasteiger partial charge in [0, 0.05) is 16.6 Å². The minimum absolute atomic E-state index is 0.310. The molecule has 0 N–H and O–H groups in total. The maximum atomic E-state index is 12.2. The van der Waals surface area contributed by atoms with Crippen LogP contribution in [0.4, 0.5) is 0 Å². The molecule has 0 saturated heterocycles. The van der Waals surface area contributed by atoms with E-state index in [1.807, 2.05) is 30.3 Å². The molecular weight excluding hydrogens is 236 g/mol. The molecule has 0 radical (unpaired) electrons. The van der Waals surface area contributed by atoms with Gasteiger partial charge >= 0.3 is 5.97 Å². The monoisotopic (exact) mass is 254 g/mol. The highest BCUT2D eigenvalue weighted by Gasteiger charge is 2.35. The summed E-state index contributed by atoms with van der Waals surface area (Å²) in [4.78, 5) is 11.7. The molecule has 3 nitrogen and oxygen atoms in total. The molecule has 0 aliphatic carbocycles. The number of esters is 1. The van der Waals surface area contributed by atoms with Crippen LogP contribution < -0.4 is 0 Å². The summed E-state index contributed by atoms with van der Waals surface area (Å²) in [7, 11) is -1.29. The first-order chi connectivity index (χ1) is 7.98. The topological polar surface area (TPSA) is 43.4 Å². The molecule has 0 saturated carbocycles. The van der Waals surface area contributed by atoms with Crippen molar-refractivity contribution in [2.45, 2.75) is 31.3 Å². The van der Waals surface area contributed by atoms with E-state index >= 15 is 0 Å². The summed E-state index contributed by atoms with van der Waals surface area (Å²) in [5.41, 5.74) is 0.961. The summed E-state index contributed by atoms with van der Waals surface area (Å²) in [6, 6.07) is 9.50. The lowest BCUT2D eigenvalue weighted by molar-refractivity contribution is -0.145. The van der Waals surface area contributed by atoms with Gasteiger partial charge in [-0.25, -0.2) is 0 Å². The number of carbonyl (C=O) groups is 1. The van der Waals surface area contributed by atoms with Crippen molar-refractivity contribution in [1.29, 1.82) is 0 Å². The Kier molecular flexibility index (Phi) is 4.87. The molecule has 0 aliphatic rings. The smallest absolute Gasteiger partial charge is 0.324 e. The van der Waals surface area contributed by atoms with E-state index in [9.17, 15) is 9.00 Å². The van der Waals surface area contributed by atoms with Gasteiger partial charge in [0.2, 0.25) is 0 Å². The van der Waals surface area contributed by atoms with Gasteiger partial charge in [-0.1, -0.05) is 30.3 Å². The third kappa shape index (κ3) is 3.66. The fraction of sp³-hybridized carbons (Fsp3) is 0.462. The average molecular weight is 254 g/mol. The average Bonchev–Trinajstić information content (AvgIpc) is 2.30. The van der Waals surface area contributed by atoms with Crippen molar-refractivity contribution in [2.75, 3.05) is 6.61 Å². The lowest BCUT2D eigenvalue weighted by Crippen LogP contribution is -2.38. The van der Waals surface area contributed by atoms with E-state index in [-0.39, 0.29) is 0 Å². The molecule has 0 bridgehead atoms. The van der Waals surface area contributed by atoms with E-state index in [1.54, 1.807) is 20.8 Å². The Balaban J connectivity index is 2.73. The molecule has 4 heteroatoms. The van der Waals surface area contributed by atoms with Gasteiger partial charge in [0.15, 0.2) is 0 Å². The molecule has 1 rings (SSSR count). The van der Waals surface area contributed by atoms with Gasteiger partial charge in [0.05, 0.1) is 6.61 Å². The second-order valence-electron chi connectivity index (χ2n) is 4.21. The molecule has 1 aromatic carbocycles. The van der Waals surface area contributed by atoms with Crippen LogP contribution in [0.25, 0.3) is 0 Å². The summed E-state index contributed by atoms with van der Waals surface area (Å²) in [6.07, 6.45) is 0. The molecule has 0 spiro atoms. The number of rotatable bonds is 5. The zero-order valence-corrected chi connectivity index (χ0v) is 11.3. The van der Waals surface area contributed by atoms with Crippen LogP contribution in [0.1, 0.15) is 26.3 Å². The Bertz CT molecular complexity index is 398.